The number of hydrogen-bond donors (Lipinski definition) is 0. The molecular weight excluding hydrogens is 388 g/mol. The minimum absolute atomic E-state index is 0.192. The van der Waals surface area contributed by atoms with E-state index in [9.17, 15) is 52.7 Å². The summed E-state index contributed by atoms with van der Waals surface area (Å²) in [5.74, 6) is -37.0. The number of ether oxygens (including phenoxy) is 1. The molecule has 1 rings (SSSR count). The summed E-state index contributed by atoms with van der Waals surface area (Å²) < 4.78 is 160. The van der Waals surface area contributed by atoms with Gasteiger partial charge in [-0.1, -0.05) is 6.92 Å². The molecule has 1 aliphatic heterocycles. The molecule has 0 saturated carbocycles. The van der Waals surface area contributed by atoms with Crippen LogP contribution in [0.25, 0.3) is 0 Å². The number of hydrogen-bond acceptors (Lipinski definition) is 1. The van der Waals surface area contributed by atoms with Crippen molar-refractivity contribution in [3.05, 3.63) is 0 Å². The lowest BCUT2D eigenvalue weighted by molar-refractivity contribution is -0.414. The van der Waals surface area contributed by atoms with Crippen LogP contribution >= 0.6 is 0 Å². The van der Waals surface area contributed by atoms with Crippen LogP contribution in [0, 0.1) is 11.8 Å². The Balaban J connectivity index is 3.23. The standard InChI is InChI=1S/C12H12F12O/c1-5-3-25-4-6(5)2-8(15,16)10(19,20)12(23,24)11(21,22)9(17,18)7(13)14/h5-7H,2-4H2,1H3. The smallest absolute Gasteiger partial charge is 0.381 e. The van der Waals surface area contributed by atoms with Gasteiger partial charge >= 0.3 is 36.0 Å². The van der Waals surface area contributed by atoms with Gasteiger partial charge in [0.1, 0.15) is 0 Å². The first-order chi connectivity index (χ1) is 10.9. The van der Waals surface area contributed by atoms with Gasteiger partial charge in [0.05, 0.1) is 0 Å². The van der Waals surface area contributed by atoms with Gasteiger partial charge in [-0.15, -0.1) is 0 Å². The summed E-state index contributed by atoms with van der Waals surface area (Å²) in [6, 6.07) is 0. The van der Waals surface area contributed by atoms with Crippen molar-refractivity contribution >= 4 is 0 Å². The van der Waals surface area contributed by atoms with E-state index in [-0.39, 0.29) is 6.61 Å². The number of rotatable bonds is 7. The van der Waals surface area contributed by atoms with Gasteiger partial charge in [0.2, 0.25) is 0 Å². The highest BCUT2D eigenvalue weighted by Gasteiger charge is 2.87. The minimum Gasteiger partial charge on any atom is -0.381 e. The SMILES string of the molecule is CC1COCC1CC(F)(F)C(F)(F)C(F)(F)C(F)(F)C(F)(F)C(F)F. The van der Waals surface area contributed by atoms with E-state index in [0.717, 1.165) is 0 Å². The van der Waals surface area contributed by atoms with Crippen LogP contribution in [-0.4, -0.2) is 49.3 Å². The van der Waals surface area contributed by atoms with Crippen LogP contribution in [0.4, 0.5) is 52.7 Å². The molecule has 1 aliphatic rings. The summed E-state index contributed by atoms with van der Waals surface area (Å²) in [6.07, 6.45) is -7.56. The van der Waals surface area contributed by atoms with E-state index < -0.39 is 60.9 Å². The van der Waals surface area contributed by atoms with Crippen molar-refractivity contribution < 1.29 is 57.4 Å². The van der Waals surface area contributed by atoms with E-state index in [1.807, 2.05) is 0 Å². The maximum atomic E-state index is 13.6. The highest BCUT2D eigenvalue weighted by Crippen LogP contribution is 2.59. The van der Waals surface area contributed by atoms with Crippen LogP contribution in [0.1, 0.15) is 13.3 Å². The molecule has 2 atom stereocenters. The molecule has 0 aliphatic carbocycles. The average molecular weight is 400 g/mol. The van der Waals surface area contributed by atoms with Crippen LogP contribution in [0.2, 0.25) is 0 Å². The zero-order valence-corrected chi connectivity index (χ0v) is 12.3. The second-order valence-electron chi connectivity index (χ2n) is 5.83. The first-order valence-corrected chi connectivity index (χ1v) is 6.68. The second kappa shape index (κ2) is 6.38. The fourth-order valence-corrected chi connectivity index (χ4v) is 2.20. The number of halogens is 12. The van der Waals surface area contributed by atoms with Crippen LogP contribution in [0.15, 0.2) is 0 Å². The maximum absolute atomic E-state index is 13.6. The molecular formula is C12H12F12O. The van der Waals surface area contributed by atoms with Gasteiger partial charge in [-0.25, -0.2) is 8.78 Å². The van der Waals surface area contributed by atoms with Gasteiger partial charge in [-0.05, 0) is 11.8 Å². The highest BCUT2D eigenvalue weighted by atomic mass is 19.4. The summed E-state index contributed by atoms with van der Waals surface area (Å²) in [4.78, 5) is 0. The first-order valence-electron chi connectivity index (χ1n) is 6.68. The third kappa shape index (κ3) is 3.27. The lowest BCUT2D eigenvalue weighted by Crippen LogP contribution is -2.68. The zero-order chi connectivity index (χ0) is 20.1. The second-order valence-corrected chi connectivity index (χ2v) is 5.83. The lowest BCUT2D eigenvalue weighted by atomic mass is 9.86. The van der Waals surface area contributed by atoms with Crippen molar-refractivity contribution in [2.24, 2.45) is 11.8 Å². The van der Waals surface area contributed by atoms with Gasteiger partial charge < -0.3 is 4.74 Å². The van der Waals surface area contributed by atoms with Gasteiger partial charge in [-0.3, -0.25) is 0 Å². The van der Waals surface area contributed by atoms with Gasteiger partial charge in [-0.2, -0.15) is 43.9 Å². The van der Waals surface area contributed by atoms with Crippen LogP contribution in [-0.2, 0) is 4.74 Å². The molecule has 1 saturated heterocycles. The molecule has 13 heteroatoms. The monoisotopic (exact) mass is 400 g/mol. The summed E-state index contributed by atoms with van der Waals surface area (Å²) in [5.41, 5.74) is 0. The van der Waals surface area contributed by atoms with Crippen molar-refractivity contribution in [3.8, 4) is 0 Å². The van der Waals surface area contributed by atoms with Crippen molar-refractivity contribution in [3.63, 3.8) is 0 Å². The summed E-state index contributed by atoms with van der Waals surface area (Å²) in [7, 11) is 0. The predicted octanol–water partition coefficient (Wildman–Crippen LogP) is 5.10. The first kappa shape index (κ1) is 22.2. The summed E-state index contributed by atoms with van der Waals surface area (Å²) >= 11 is 0. The van der Waals surface area contributed by atoms with E-state index in [1.54, 1.807) is 0 Å². The van der Waals surface area contributed by atoms with Gasteiger partial charge in [0.25, 0.3) is 0 Å². The largest absolute Gasteiger partial charge is 0.384 e. The van der Waals surface area contributed by atoms with E-state index in [0.29, 0.717) is 0 Å². The molecule has 25 heavy (non-hydrogen) atoms. The highest BCUT2D eigenvalue weighted by molar-refractivity contribution is 5.09. The minimum atomic E-state index is -7.45. The Labute approximate surface area is 133 Å². The topological polar surface area (TPSA) is 9.23 Å². The van der Waals surface area contributed by atoms with Crippen LogP contribution < -0.4 is 0 Å². The quantitative estimate of drug-likeness (QED) is 0.541. The summed E-state index contributed by atoms with van der Waals surface area (Å²) in [6.45, 7) is 0.466. The average Bonchev–Trinajstić information content (AvgIpc) is 2.82. The molecule has 0 amide bonds. The van der Waals surface area contributed by atoms with E-state index in [1.165, 1.54) is 6.92 Å². The Kier molecular flexibility index (Phi) is 5.65. The molecule has 0 aromatic heterocycles. The lowest BCUT2D eigenvalue weighted by Gasteiger charge is -2.39. The molecule has 0 aromatic rings. The Morgan fingerprint density at radius 2 is 1.28 bits per heavy atom. The predicted molar refractivity (Wildman–Crippen MR) is 58.8 cm³/mol. The van der Waals surface area contributed by atoms with E-state index >= 15 is 0 Å². The Morgan fingerprint density at radius 1 is 0.800 bits per heavy atom. The number of alkyl halides is 12. The molecule has 1 nitrogen and oxygen atoms in total. The third-order valence-electron chi connectivity index (χ3n) is 3.98. The van der Waals surface area contributed by atoms with Crippen molar-refractivity contribution in [1.29, 1.82) is 0 Å². The Morgan fingerprint density at radius 3 is 1.64 bits per heavy atom. The van der Waals surface area contributed by atoms with Gasteiger partial charge in [0, 0.05) is 19.6 Å². The van der Waals surface area contributed by atoms with Crippen LogP contribution in [0.3, 0.4) is 0 Å². The fourth-order valence-electron chi connectivity index (χ4n) is 2.20. The van der Waals surface area contributed by atoms with Crippen molar-refractivity contribution in [1.82, 2.24) is 0 Å². The third-order valence-corrected chi connectivity index (χ3v) is 3.98. The molecule has 1 heterocycles. The van der Waals surface area contributed by atoms with Gasteiger partial charge in [0.15, 0.2) is 0 Å². The molecule has 0 aromatic carbocycles. The van der Waals surface area contributed by atoms with Crippen molar-refractivity contribution in [2.45, 2.75) is 49.4 Å². The molecule has 0 bridgehead atoms. The molecule has 0 radical (unpaired) electrons. The molecule has 150 valence electrons. The Hall–Kier alpha value is -0.880. The molecule has 0 spiro atoms. The zero-order valence-electron chi connectivity index (χ0n) is 12.3. The van der Waals surface area contributed by atoms with E-state index in [2.05, 4.69) is 4.74 Å². The van der Waals surface area contributed by atoms with Crippen molar-refractivity contribution in [2.75, 3.05) is 13.2 Å². The normalized spacial score (nSPS) is 24.2. The van der Waals surface area contributed by atoms with Crippen LogP contribution in [0.5, 0.6) is 0 Å². The maximum Gasteiger partial charge on any atom is 0.384 e. The summed E-state index contributed by atoms with van der Waals surface area (Å²) in [5, 5.41) is 0. The van der Waals surface area contributed by atoms with E-state index in [4.69, 9.17) is 0 Å². The Bertz CT molecular complexity index is 475. The molecule has 1 fully saturated rings. The fraction of sp³-hybridized carbons (Fsp3) is 1.00. The molecule has 0 N–H and O–H groups in total. The molecule has 2 unspecified atom stereocenters.